The molecule has 0 bridgehead atoms. The van der Waals surface area contributed by atoms with E-state index >= 15 is 0 Å². The topological polar surface area (TPSA) is 110 Å². The second-order valence-corrected chi connectivity index (χ2v) is 3.05. The normalized spacial score (nSPS) is 9.60. The summed E-state index contributed by atoms with van der Waals surface area (Å²) in [5.74, 6) is -1.45. The second-order valence-electron chi connectivity index (χ2n) is 3.05. The van der Waals surface area contributed by atoms with Gasteiger partial charge in [-0.05, 0) is 12.8 Å². The van der Waals surface area contributed by atoms with Gasteiger partial charge in [0.1, 0.15) is 0 Å². The maximum absolute atomic E-state index is 10.7. The van der Waals surface area contributed by atoms with Crippen molar-refractivity contribution >= 4 is 11.9 Å². The number of aliphatic carboxylic acids is 1. The minimum absolute atomic E-state index is 0.114. The lowest BCUT2D eigenvalue weighted by molar-refractivity contribution is -0.467. The van der Waals surface area contributed by atoms with Crippen LogP contribution in [0.15, 0.2) is 0 Å². The number of hydrogen-bond donors (Lipinski definition) is 2. The van der Waals surface area contributed by atoms with Crippen LogP contribution in [-0.2, 0) is 9.59 Å². The molecule has 7 nitrogen and oxygen atoms in total. The van der Waals surface area contributed by atoms with Gasteiger partial charge in [0.15, 0.2) is 0 Å². The number of hydrogen-bond acceptors (Lipinski definition) is 4. The van der Waals surface area contributed by atoms with E-state index in [1.165, 1.54) is 0 Å². The summed E-state index contributed by atoms with van der Waals surface area (Å²) >= 11 is 0. The Morgan fingerprint density at radius 2 is 1.93 bits per heavy atom. The predicted molar refractivity (Wildman–Crippen MR) is 51.0 cm³/mol. The number of nitrogens with one attached hydrogen (secondary N) is 1. The molecule has 0 saturated heterocycles. The standard InChI is InChI=1S/C8H14N2O5/c11-7(6-10(14)15)9-5-3-1-2-4-8(12)13/h1-6H2,(H,9,11)(H,12,13). The van der Waals surface area contributed by atoms with E-state index in [-0.39, 0.29) is 6.42 Å². The zero-order chi connectivity index (χ0) is 11.7. The first-order valence-corrected chi connectivity index (χ1v) is 4.62. The molecule has 0 spiro atoms. The van der Waals surface area contributed by atoms with E-state index in [4.69, 9.17) is 5.11 Å². The highest BCUT2D eigenvalue weighted by atomic mass is 16.6. The van der Waals surface area contributed by atoms with Crippen molar-refractivity contribution in [2.75, 3.05) is 13.1 Å². The van der Waals surface area contributed by atoms with Gasteiger partial charge in [-0.15, -0.1) is 0 Å². The van der Waals surface area contributed by atoms with E-state index in [0.717, 1.165) is 0 Å². The van der Waals surface area contributed by atoms with E-state index in [1.54, 1.807) is 0 Å². The van der Waals surface area contributed by atoms with Gasteiger partial charge in [0.25, 0.3) is 12.5 Å². The number of carbonyl (C=O) groups is 2. The van der Waals surface area contributed by atoms with Crippen LogP contribution in [0.5, 0.6) is 0 Å². The quantitative estimate of drug-likeness (QED) is 0.339. The maximum Gasteiger partial charge on any atom is 0.303 e. The number of carbonyl (C=O) groups excluding carboxylic acids is 1. The summed E-state index contributed by atoms with van der Waals surface area (Å²) in [5.41, 5.74) is 0. The van der Waals surface area contributed by atoms with E-state index in [2.05, 4.69) is 5.32 Å². The maximum atomic E-state index is 10.7. The van der Waals surface area contributed by atoms with Gasteiger partial charge in [-0.1, -0.05) is 6.42 Å². The van der Waals surface area contributed by atoms with Crippen LogP contribution < -0.4 is 5.32 Å². The van der Waals surface area contributed by atoms with Crippen LogP contribution in [0.25, 0.3) is 0 Å². The SMILES string of the molecule is O=C(O)CCCCCNC(=O)C[N+](=O)[O-]. The molecule has 0 aromatic carbocycles. The minimum Gasteiger partial charge on any atom is -0.481 e. The molecule has 0 rings (SSSR count). The Kier molecular flexibility index (Phi) is 6.86. The summed E-state index contributed by atoms with van der Waals surface area (Å²) < 4.78 is 0. The van der Waals surface area contributed by atoms with Crippen LogP contribution >= 0.6 is 0 Å². The van der Waals surface area contributed by atoms with Gasteiger partial charge in [0.2, 0.25) is 0 Å². The lowest BCUT2D eigenvalue weighted by Gasteiger charge is -2.01. The monoisotopic (exact) mass is 218 g/mol. The molecule has 1 amide bonds. The third-order valence-corrected chi connectivity index (χ3v) is 1.66. The number of carboxylic acid groups (broad SMARTS) is 1. The van der Waals surface area contributed by atoms with Gasteiger partial charge in [0, 0.05) is 17.9 Å². The number of nitro groups is 1. The Bertz CT molecular complexity index is 241. The van der Waals surface area contributed by atoms with Crippen molar-refractivity contribution in [2.24, 2.45) is 0 Å². The predicted octanol–water partition coefficient (Wildman–Crippen LogP) is 0.0243. The third-order valence-electron chi connectivity index (χ3n) is 1.66. The van der Waals surface area contributed by atoms with Gasteiger partial charge >= 0.3 is 5.97 Å². The van der Waals surface area contributed by atoms with Crippen molar-refractivity contribution in [1.82, 2.24) is 5.32 Å². The number of carboxylic acids is 1. The van der Waals surface area contributed by atoms with Crippen LogP contribution in [-0.4, -0.2) is 35.0 Å². The molecule has 0 radical (unpaired) electrons. The molecule has 0 unspecified atom stereocenters. The Labute approximate surface area is 86.6 Å². The molecule has 0 aromatic rings. The van der Waals surface area contributed by atoms with Crippen molar-refractivity contribution in [3.8, 4) is 0 Å². The average Bonchev–Trinajstić information content (AvgIpc) is 2.09. The van der Waals surface area contributed by atoms with E-state index in [9.17, 15) is 19.7 Å². The Morgan fingerprint density at radius 1 is 1.27 bits per heavy atom. The molecule has 15 heavy (non-hydrogen) atoms. The summed E-state index contributed by atoms with van der Waals surface area (Å²) in [6.45, 7) is -0.360. The summed E-state index contributed by atoms with van der Waals surface area (Å²) in [4.78, 5) is 30.1. The van der Waals surface area contributed by atoms with E-state index in [1.807, 2.05) is 0 Å². The van der Waals surface area contributed by atoms with Crippen molar-refractivity contribution in [1.29, 1.82) is 0 Å². The highest BCUT2D eigenvalue weighted by Gasteiger charge is 2.07. The molecule has 0 aliphatic heterocycles. The Hall–Kier alpha value is -1.66. The number of unbranched alkanes of at least 4 members (excludes halogenated alkanes) is 2. The molecular formula is C8H14N2O5. The number of rotatable bonds is 8. The van der Waals surface area contributed by atoms with Crippen molar-refractivity contribution in [3.05, 3.63) is 10.1 Å². The molecule has 0 saturated carbocycles. The summed E-state index contributed by atoms with van der Waals surface area (Å²) in [6, 6.07) is 0. The second kappa shape index (κ2) is 7.72. The molecular weight excluding hydrogens is 204 g/mol. The summed E-state index contributed by atoms with van der Waals surface area (Å²) in [5, 5.41) is 20.6. The first-order chi connectivity index (χ1) is 7.02. The third kappa shape index (κ3) is 10.3. The van der Waals surface area contributed by atoms with Gasteiger partial charge in [0.05, 0.1) is 0 Å². The Balaban J connectivity index is 3.27. The smallest absolute Gasteiger partial charge is 0.303 e. The molecule has 0 fully saturated rings. The molecule has 0 heterocycles. The van der Waals surface area contributed by atoms with Gasteiger partial charge in [-0.25, -0.2) is 0 Å². The number of nitrogens with zero attached hydrogens (tertiary/aromatic N) is 1. The van der Waals surface area contributed by atoms with Crippen LogP contribution in [0.3, 0.4) is 0 Å². The van der Waals surface area contributed by atoms with Crippen molar-refractivity contribution < 1.29 is 19.6 Å². The van der Waals surface area contributed by atoms with Crippen LogP contribution in [0.4, 0.5) is 0 Å². The lowest BCUT2D eigenvalue weighted by Crippen LogP contribution is -2.30. The highest BCUT2D eigenvalue weighted by Crippen LogP contribution is 1.98. The largest absolute Gasteiger partial charge is 0.481 e. The molecule has 0 atom stereocenters. The first kappa shape index (κ1) is 13.3. The summed E-state index contributed by atoms with van der Waals surface area (Å²) in [6.07, 6.45) is 1.99. The fraction of sp³-hybridized carbons (Fsp3) is 0.750. The average molecular weight is 218 g/mol. The molecule has 2 N–H and O–H groups in total. The zero-order valence-corrected chi connectivity index (χ0v) is 8.27. The molecule has 86 valence electrons. The zero-order valence-electron chi connectivity index (χ0n) is 8.27. The van der Waals surface area contributed by atoms with Crippen LogP contribution in [0.2, 0.25) is 0 Å². The fourth-order valence-electron chi connectivity index (χ4n) is 0.979. The lowest BCUT2D eigenvalue weighted by atomic mass is 10.2. The highest BCUT2D eigenvalue weighted by molar-refractivity contribution is 5.76. The van der Waals surface area contributed by atoms with Gasteiger partial charge in [-0.3, -0.25) is 19.7 Å². The molecule has 0 aliphatic carbocycles. The minimum atomic E-state index is -0.840. The van der Waals surface area contributed by atoms with Gasteiger partial charge < -0.3 is 10.4 Å². The molecule has 0 aromatic heterocycles. The number of amides is 1. The molecule has 0 aliphatic rings. The van der Waals surface area contributed by atoms with Crippen molar-refractivity contribution in [2.45, 2.75) is 25.7 Å². The fourth-order valence-corrected chi connectivity index (χ4v) is 0.979. The Morgan fingerprint density at radius 3 is 2.47 bits per heavy atom. The van der Waals surface area contributed by atoms with Crippen LogP contribution in [0, 0.1) is 10.1 Å². The van der Waals surface area contributed by atoms with Gasteiger partial charge in [-0.2, -0.15) is 0 Å². The van der Waals surface area contributed by atoms with E-state index in [0.29, 0.717) is 25.8 Å². The summed E-state index contributed by atoms with van der Waals surface area (Å²) in [7, 11) is 0. The first-order valence-electron chi connectivity index (χ1n) is 4.62. The van der Waals surface area contributed by atoms with E-state index < -0.39 is 23.3 Å². The van der Waals surface area contributed by atoms with Crippen molar-refractivity contribution in [3.63, 3.8) is 0 Å². The van der Waals surface area contributed by atoms with Crippen LogP contribution in [0.1, 0.15) is 25.7 Å². The molecule has 7 heteroatoms.